The van der Waals surface area contributed by atoms with E-state index in [0.29, 0.717) is 23.7 Å². The van der Waals surface area contributed by atoms with Crippen molar-refractivity contribution < 1.29 is 22.7 Å². The average molecular weight is 480 g/mol. The van der Waals surface area contributed by atoms with Crippen molar-refractivity contribution >= 4 is 5.91 Å². The molecule has 3 aliphatic rings. The van der Waals surface area contributed by atoms with Gasteiger partial charge < -0.3 is 9.64 Å². The van der Waals surface area contributed by atoms with Crippen molar-refractivity contribution in [1.29, 1.82) is 0 Å². The molecule has 2 saturated carbocycles. The van der Waals surface area contributed by atoms with Crippen molar-refractivity contribution in [2.24, 2.45) is 11.3 Å². The lowest BCUT2D eigenvalue weighted by atomic mass is 9.48. The molecule has 6 nitrogen and oxygen atoms in total. The lowest BCUT2D eigenvalue weighted by molar-refractivity contribution is -0.138. The summed E-state index contributed by atoms with van der Waals surface area (Å²) in [7, 11) is 0. The van der Waals surface area contributed by atoms with Crippen LogP contribution in [0.4, 0.5) is 13.2 Å². The summed E-state index contributed by atoms with van der Waals surface area (Å²) in [6, 6.07) is 9.50. The van der Waals surface area contributed by atoms with E-state index in [1.165, 1.54) is 6.07 Å². The van der Waals surface area contributed by atoms with Crippen LogP contribution in [0.25, 0.3) is 11.3 Å². The maximum atomic E-state index is 13.9. The first-order chi connectivity index (χ1) is 16.8. The number of hydrogen-bond donors (Lipinski definition) is 0. The highest BCUT2D eigenvalue weighted by Gasteiger charge is 2.70. The molecule has 3 fully saturated rings. The molecule has 0 radical (unpaired) electrons. The van der Waals surface area contributed by atoms with Gasteiger partial charge in [0.15, 0.2) is 0 Å². The minimum Gasteiger partial charge on any atom is -0.472 e. The Labute approximate surface area is 200 Å². The molecule has 0 N–H and O–H groups in total. The molecule has 1 aliphatic heterocycles. The van der Waals surface area contributed by atoms with Gasteiger partial charge in [0.05, 0.1) is 17.3 Å². The van der Waals surface area contributed by atoms with Gasteiger partial charge >= 0.3 is 6.18 Å². The van der Waals surface area contributed by atoms with E-state index in [9.17, 15) is 18.0 Å². The summed E-state index contributed by atoms with van der Waals surface area (Å²) < 4.78 is 44.7. The number of carbonyl (C=O) groups excluding carboxylic acids is 1. The molecule has 9 heteroatoms. The number of halogens is 3. The normalized spacial score (nSPS) is 26.9. The van der Waals surface area contributed by atoms with Gasteiger partial charge in [-0.3, -0.25) is 14.8 Å². The molecule has 4 atom stereocenters. The molecule has 1 saturated heterocycles. The van der Waals surface area contributed by atoms with Crippen LogP contribution in [0.3, 0.4) is 0 Å². The first-order valence-corrected chi connectivity index (χ1v) is 11.7. The minimum absolute atomic E-state index is 0.0160. The fourth-order valence-corrected chi connectivity index (χ4v) is 6.09. The van der Waals surface area contributed by atoms with E-state index in [1.807, 2.05) is 30.0 Å². The molecule has 2 aliphatic carbocycles. The first kappa shape index (κ1) is 22.0. The summed E-state index contributed by atoms with van der Waals surface area (Å²) >= 11 is 0. The molecule has 0 aromatic carbocycles. The number of hydrogen-bond acceptors (Lipinski definition) is 5. The molecular weight excluding hydrogens is 457 g/mol. The summed E-state index contributed by atoms with van der Waals surface area (Å²) in [5, 5.41) is 0. The fourth-order valence-electron chi connectivity index (χ4n) is 6.09. The predicted molar refractivity (Wildman–Crippen MR) is 120 cm³/mol. The highest BCUT2D eigenvalue weighted by molar-refractivity contribution is 5.99. The Bertz CT molecular complexity index is 1300. The molecular formula is C26H23F3N4O2. The van der Waals surface area contributed by atoms with Crippen LogP contribution in [0.15, 0.2) is 55.0 Å². The van der Waals surface area contributed by atoms with Crippen LogP contribution in [0.2, 0.25) is 0 Å². The molecule has 3 aromatic heterocycles. The molecule has 35 heavy (non-hydrogen) atoms. The van der Waals surface area contributed by atoms with E-state index in [1.54, 1.807) is 18.5 Å². The van der Waals surface area contributed by atoms with Gasteiger partial charge in [0.25, 0.3) is 5.91 Å². The Morgan fingerprint density at radius 3 is 2.60 bits per heavy atom. The number of alkyl halides is 3. The van der Waals surface area contributed by atoms with Crippen molar-refractivity contribution in [2.45, 2.75) is 44.5 Å². The smallest absolute Gasteiger partial charge is 0.417 e. The third-order valence-corrected chi connectivity index (χ3v) is 7.92. The van der Waals surface area contributed by atoms with E-state index in [-0.39, 0.29) is 29.3 Å². The first-order valence-electron chi connectivity index (χ1n) is 11.7. The van der Waals surface area contributed by atoms with E-state index in [0.717, 1.165) is 42.8 Å². The van der Waals surface area contributed by atoms with Crippen molar-refractivity contribution in [1.82, 2.24) is 19.9 Å². The maximum absolute atomic E-state index is 13.9. The SMILES string of the molecule is Cc1cccnc1-c1cccnc1C(=O)N1CC2CCC23CC(Oc2ccc(C(F)(F)F)cn2)C13. The van der Waals surface area contributed by atoms with Crippen LogP contribution in [0.1, 0.15) is 40.9 Å². The van der Waals surface area contributed by atoms with Crippen LogP contribution in [0, 0.1) is 18.3 Å². The van der Waals surface area contributed by atoms with Gasteiger partial charge in [0.2, 0.25) is 5.88 Å². The Morgan fingerprint density at radius 2 is 1.91 bits per heavy atom. The fraction of sp³-hybridized carbons (Fsp3) is 0.385. The zero-order valence-electron chi connectivity index (χ0n) is 19.0. The molecule has 1 spiro atoms. The lowest BCUT2D eigenvalue weighted by Gasteiger charge is -2.59. The molecule has 6 rings (SSSR count). The highest BCUT2D eigenvalue weighted by atomic mass is 19.4. The second-order valence-corrected chi connectivity index (χ2v) is 9.68. The van der Waals surface area contributed by atoms with Crippen molar-refractivity contribution in [2.75, 3.05) is 6.54 Å². The lowest BCUT2D eigenvalue weighted by Crippen LogP contribution is -2.65. The summed E-state index contributed by atoms with van der Waals surface area (Å²) in [5.41, 5.74) is 1.90. The standard InChI is InChI=1S/C26H23F3N4O2/c1-15-4-2-10-30-21(15)18-5-3-11-31-22(18)24(34)33-14-17-8-9-25(17)12-19(23(25)33)35-20-7-6-16(13-32-20)26(27,28)29/h2-7,10-11,13,17,19,23H,8-9,12,14H2,1H3. The molecule has 0 bridgehead atoms. The summed E-state index contributed by atoms with van der Waals surface area (Å²) in [5.74, 6) is 0.370. The molecule has 4 heterocycles. The zero-order chi connectivity index (χ0) is 24.4. The second-order valence-electron chi connectivity index (χ2n) is 9.68. The van der Waals surface area contributed by atoms with Crippen molar-refractivity contribution in [3.05, 3.63) is 71.8 Å². The number of amides is 1. The number of aromatic nitrogens is 3. The Hall–Kier alpha value is -3.49. The Balaban J connectivity index is 1.28. The van der Waals surface area contributed by atoms with Gasteiger partial charge in [-0.15, -0.1) is 0 Å². The van der Waals surface area contributed by atoms with Crippen molar-refractivity contribution in [3.63, 3.8) is 0 Å². The summed E-state index contributed by atoms with van der Waals surface area (Å²) in [6.45, 7) is 2.57. The number of carbonyl (C=O) groups is 1. The van der Waals surface area contributed by atoms with E-state index in [2.05, 4.69) is 15.0 Å². The van der Waals surface area contributed by atoms with E-state index >= 15 is 0 Å². The number of aryl methyl sites for hydroxylation is 1. The predicted octanol–water partition coefficient (Wildman–Crippen LogP) is 4.94. The number of nitrogens with zero attached hydrogens (tertiary/aromatic N) is 4. The number of pyridine rings is 3. The number of rotatable bonds is 4. The van der Waals surface area contributed by atoms with Gasteiger partial charge in [-0.25, -0.2) is 4.98 Å². The summed E-state index contributed by atoms with van der Waals surface area (Å²) in [4.78, 5) is 28.5. The zero-order valence-corrected chi connectivity index (χ0v) is 19.0. The van der Waals surface area contributed by atoms with Crippen LogP contribution in [0.5, 0.6) is 5.88 Å². The van der Waals surface area contributed by atoms with Crippen molar-refractivity contribution in [3.8, 4) is 17.1 Å². The number of likely N-dealkylation sites (tertiary alicyclic amines) is 1. The number of ether oxygens (including phenoxy) is 1. The largest absolute Gasteiger partial charge is 0.472 e. The molecule has 3 aromatic rings. The molecule has 180 valence electrons. The summed E-state index contributed by atoms with van der Waals surface area (Å²) in [6.07, 6.45) is 2.15. The third-order valence-electron chi connectivity index (χ3n) is 7.92. The second kappa shape index (κ2) is 7.76. The highest BCUT2D eigenvalue weighted by Crippen LogP contribution is 2.66. The third kappa shape index (κ3) is 3.39. The minimum atomic E-state index is -4.45. The Kier molecular flexibility index (Phi) is 4.88. The van der Waals surface area contributed by atoms with Gasteiger partial charge in [0.1, 0.15) is 11.8 Å². The Morgan fingerprint density at radius 1 is 1.11 bits per heavy atom. The van der Waals surface area contributed by atoms with Gasteiger partial charge in [0, 0.05) is 42.2 Å². The maximum Gasteiger partial charge on any atom is 0.417 e. The molecule has 1 amide bonds. The topological polar surface area (TPSA) is 68.2 Å². The van der Waals surface area contributed by atoms with Crippen LogP contribution in [-0.2, 0) is 6.18 Å². The van der Waals surface area contributed by atoms with E-state index in [4.69, 9.17) is 4.74 Å². The van der Waals surface area contributed by atoms with Gasteiger partial charge in [-0.1, -0.05) is 6.07 Å². The van der Waals surface area contributed by atoms with Crippen LogP contribution >= 0.6 is 0 Å². The van der Waals surface area contributed by atoms with Gasteiger partial charge in [-0.2, -0.15) is 13.2 Å². The van der Waals surface area contributed by atoms with Crippen LogP contribution in [-0.4, -0.2) is 44.4 Å². The van der Waals surface area contributed by atoms with E-state index < -0.39 is 11.7 Å². The average Bonchev–Trinajstić information content (AvgIpc) is 2.99. The van der Waals surface area contributed by atoms with Gasteiger partial charge in [-0.05, 0) is 61.9 Å². The quantitative estimate of drug-likeness (QED) is 0.529. The monoisotopic (exact) mass is 480 g/mol. The van der Waals surface area contributed by atoms with Crippen LogP contribution < -0.4 is 4.74 Å². The molecule has 4 unspecified atom stereocenters.